The number of unbranched alkanes of at least 4 members (excludes halogenated alkanes) is 6. The van der Waals surface area contributed by atoms with E-state index < -0.39 is 23.6 Å². The van der Waals surface area contributed by atoms with Crippen LogP contribution in [-0.2, 0) is 19.1 Å². The summed E-state index contributed by atoms with van der Waals surface area (Å²) in [5, 5.41) is 9.85. The number of amides is 1. The summed E-state index contributed by atoms with van der Waals surface area (Å²) in [6, 6.07) is 0. The van der Waals surface area contributed by atoms with Crippen LogP contribution in [0.25, 0.3) is 0 Å². The number of aliphatic hydroxyl groups excluding tert-OH is 1. The topological polar surface area (TPSA) is 107 Å². The summed E-state index contributed by atoms with van der Waals surface area (Å²) in [5.74, 6) is -1.74. The molecule has 0 aliphatic heterocycles. The molecule has 3 N–H and O–H groups in total. The van der Waals surface area contributed by atoms with Gasteiger partial charge in [0.05, 0.1) is 6.10 Å². The standard InChI is InChI=1S/C26H45NO5/c1-5-7-8-9-10-14-17-23(20-28)18-15-12-11-13-16-21(3)26(25(27)31,19-22(4)29)32-24(30)6-2/h6,10,14,20-23,29H,2,5,7-9,11-13,15-19H2,1,3-4H3,(H2,27,31). The average molecular weight is 452 g/mol. The molecule has 4 unspecified atom stereocenters. The van der Waals surface area contributed by atoms with Crippen LogP contribution in [0, 0.1) is 11.8 Å². The number of aliphatic hydroxyl groups is 1. The Morgan fingerprint density at radius 3 is 2.25 bits per heavy atom. The van der Waals surface area contributed by atoms with E-state index in [9.17, 15) is 19.5 Å². The number of primary amides is 1. The van der Waals surface area contributed by atoms with E-state index in [4.69, 9.17) is 10.5 Å². The fraction of sp³-hybridized carbons (Fsp3) is 0.731. The number of hydrogen-bond acceptors (Lipinski definition) is 5. The van der Waals surface area contributed by atoms with E-state index >= 15 is 0 Å². The van der Waals surface area contributed by atoms with Crippen LogP contribution in [0.15, 0.2) is 24.8 Å². The molecule has 0 fully saturated rings. The van der Waals surface area contributed by atoms with Crippen LogP contribution >= 0.6 is 0 Å². The van der Waals surface area contributed by atoms with Gasteiger partial charge in [-0.15, -0.1) is 0 Å². The van der Waals surface area contributed by atoms with E-state index in [1.165, 1.54) is 26.2 Å². The van der Waals surface area contributed by atoms with E-state index in [2.05, 4.69) is 25.7 Å². The van der Waals surface area contributed by atoms with Gasteiger partial charge in [-0.05, 0) is 39.0 Å². The highest BCUT2D eigenvalue weighted by atomic mass is 16.6. The van der Waals surface area contributed by atoms with Gasteiger partial charge in [0.15, 0.2) is 5.60 Å². The van der Waals surface area contributed by atoms with E-state index in [1.807, 2.05) is 6.92 Å². The zero-order valence-electron chi connectivity index (χ0n) is 20.4. The molecule has 6 heteroatoms. The number of hydrogen-bond donors (Lipinski definition) is 2. The molecule has 1 amide bonds. The second kappa shape index (κ2) is 17.6. The summed E-state index contributed by atoms with van der Waals surface area (Å²) >= 11 is 0. The van der Waals surface area contributed by atoms with Gasteiger partial charge in [-0.2, -0.15) is 0 Å². The molecule has 0 heterocycles. The van der Waals surface area contributed by atoms with Crippen LogP contribution < -0.4 is 5.73 Å². The Hall–Kier alpha value is -1.95. The van der Waals surface area contributed by atoms with Crippen molar-refractivity contribution in [3.05, 3.63) is 24.8 Å². The lowest BCUT2D eigenvalue weighted by Gasteiger charge is -2.36. The number of allylic oxidation sites excluding steroid dienone is 2. The monoisotopic (exact) mass is 451 g/mol. The zero-order chi connectivity index (χ0) is 24.4. The lowest BCUT2D eigenvalue weighted by Crippen LogP contribution is -2.54. The highest BCUT2D eigenvalue weighted by molar-refractivity contribution is 5.89. The van der Waals surface area contributed by atoms with Crippen molar-refractivity contribution < 1.29 is 24.2 Å². The molecular formula is C26H45NO5. The number of carbonyl (C=O) groups excluding carboxylic acids is 3. The lowest BCUT2D eigenvalue weighted by atomic mass is 9.80. The van der Waals surface area contributed by atoms with Crippen LogP contribution in [0.2, 0.25) is 0 Å². The molecule has 0 aliphatic rings. The average Bonchev–Trinajstić information content (AvgIpc) is 2.75. The van der Waals surface area contributed by atoms with Crippen molar-refractivity contribution in [1.29, 1.82) is 0 Å². The van der Waals surface area contributed by atoms with Gasteiger partial charge in [0.1, 0.15) is 6.29 Å². The molecule has 0 aromatic heterocycles. The van der Waals surface area contributed by atoms with Crippen molar-refractivity contribution in [3.8, 4) is 0 Å². The molecular weight excluding hydrogens is 406 g/mol. The summed E-state index contributed by atoms with van der Waals surface area (Å²) in [7, 11) is 0. The second-order valence-electron chi connectivity index (χ2n) is 8.92. The fourth-order valence-electron chi connectivity index (χ4n) is 3.98. The van der Waals surface area contributed by atoms with Gasteiger partial charge in [0.2, 0.25) is 0 Å². The Kier molecular flexibility index (Phi) is 16.5. The molecule has 4 atom stereocenters. The third kappa shape index (κ3) is 12.2. The second-order valence-corrected chi connectivity index (χ2v) is 8.92. The van der Waals surface area contributed by atoms with Crippen molar-refractivity contribution in [1.82, 2.24) is 0 Å². The third-order valence-corrected chi connectivity index (χ3v) is 6.00. The molecule has 0 radical (unpaired) electrons. The number of ether oxygens (including phenoxy) is 1. The summed E-state index contributed by atoms with van der Waals surface area (Å²) < 4.78 is 5.38. The fourth-order valence-corrected chi connectivity index (χ4v) is 3.98. The molecule has 6 nitrogen and oxygen atoms in total. The zero-order valence-corrected chi connectivity index (χ0v) is 20.4. The van der Waals surface area contributed by atoms with Crippen molar-refractivity contribution in [2.45, 2.75) is 110 Å². The van der Waals surface area contributed by atoms with Gasteiger partial charge in [-0.25, -0.2) is 4.79 Å². The maximum Gasteiger partial charge on any atom is 0.331 e. The Bertz CT molecular complexity index is 587. The molecule has 0 bridgehead atoms. The van der Waals surface area contributed by atoms with Crippen LogP contribution in [0.4, 0.5) is 0 Å². The largest absolute Gasteiger partial charge is 0.445 e. The van der Waals surface area contributed by atoms with Crippen molar-refractivity contribution >= 4 is 18.2 Å². The summed E-state index contributed by atoms with van der Waals surface area (Å²) in [6.45, 7) is 8.92. The van der Waals surface area contributed by atoms with Gasteiger partial charge >= 0.3 is 5.97 Å². The predicted molar refractivity (Wildman–Crippen MR) is 129 cm³/mol. The first-order chi connectivity index (χ1) is 15.2. The molecule has 0 saturated heterocycles. The maximum atomic E-state index is 12.2. The first-order valence-corrected chi connectivity index (χ1v) is 12.2. The summed E-state index contributed by atoms with van der Waals surface area (Å²) in [4.78, 5) is 35.3. The molecule has 0 spiro atoms. The molecule has 0 aromatic carbocycles. The molecule has 0 rings (SSSR count). The predicted octanol–water partition coefficient (Wildman–Crippen LogP) is 5.03. The molecule has 0 aromatic rings. The van der Waals surface area contributed by atoms with E-state index in [-0.39, 0.29) is 18.3 Å². The molecule has 0 aliphatic carbocycles. The number of carbonyl (C=O) groups is 3. The number of aldehydes is 1. The van der Waals surface area contributed by atoms with E-state index in [1.54, 1.807) is 0 Å². The minimum atomic E-state index is -1.55. The Morgan fingerprint density at radius 1 is 1.06 bits per heavy atom. The maximum absolute atomic E-state index is 12.2. The number of esters is 1. The normalized spacial score (nSPS) is 16.1. The van der Waals surface area contributed by atoms with Crippen LogP contribution in [0.1, 0.15) is 97.8 Å². The Labute approximate surface area is 194 Å². The van der Waals surface area contributed by atoms with E-state index in [0.717, 1.165) is 57.3 Å². The first-order valence-electron chi connectivity index (χ1n) is 12.2. The molecule has 184 valence electrons. The van der Waals surface area contributed by atoms with Crippen molar-refractivity contribution in [2.24, 2.45) is 17.6 Å². The number of nitrogens with two attached hydrogens (primary N) is 1. The number of rotatable bonds is 20. The van der Waals surface area contributed by atoms with Crippen LogP contribution in [0.3, 0.4) is 0 Å². The lowest BCUT2D eigenvalue weighted by molar-refractivity contribution is -0.173. The SMILES string of the molecule is C=CC(=O)OC(CC(C)O)(C(N)=O)C(C)CCCCCCC(C=O)CC=CCCCCC. The molecule has 32 heavy (non-hydrogen) atoms. The van der Waals surface area contributed by atoms with Crippen LogP contribution in [0.5, 0.6) is 0 Å². The van der Waals surface area contributed by atoms with Gasteiger partial charge in [-0.1, -0.05) is 71.1 Å². The minimum Gasteiger partial charge on any atom is -0.445 e. The van der Waals surface area contributed by atoms with Gasteiger partial charge < -0.3 is 20.4 Å². The van der Waals surface area contributed by atoms with Gasteiger partial charge in [-0.3, -0.25) is 4.79 Å². The highest BCUT2D eigenvalue weighted by Gasteiger charge is 2.46. The third-order valence-electron chi connectivity index (χ3n) is 6.00. The quantitative estimate of drug-likeness (QED) is 0.0887. The van der Waals surface area contributed by atoms with E-state index in [0.29, 0.717) is 6.42 Å². The first kappa shape index (κ1) is 30.0. The van der Waals surface area contributed by atoms with Gasteiger partial charge in [0, 0.05) is 24.3 Å². The smallest absolute Gasteiger partial charge is 0.331 e. The minimum absolute atomic E-state index is 0.0456. The van der Waals surface area contributed by atoms with Crippen molar-refractivity contribution in [2.75, 3.05) is 0 Å². The Balaban J connectivity index is 4.46. The Morgan fingerprint density at radius 2 is 1.72 bits per heavy atom. The highest BCUT2D eigenvalue weighted by Crippen LogP contribution is 2.32. The van der Waals surface area contributed by atoms with Crippen LogP contribution in [-0.4, -0.2) is 35.0 Å². The van der Waals surface area contributed by atoms with Gasteiger partial charge in [0.25, 0.3) is 5.91 Å². The molecule has 0 saturated carbocycles. The summed E-state index contributed by atoms with van der Waals surface area (Å²) in [5.41, 5.74) is 4.05. The van der Waals surface area contributed by atoms with Crippen molar-refractivity contribution in [3.63, 3.8) is 0 Å². The summed E-state index contributed by atoms with van der Waals surface area (Å²) in [6.07, 6.45) is 16.3.